The van der Waals surface area contributed by atoms with Gasteiger partial charge in [0.1, 0.15) is 5.75 Å². The maximum atomic E-state index is 12.3. The van der Waals surface area contributed by atoms with Crippen LogP contribution in [0.2, 0.25) is 0 Å². The van der Waals surface area contributed by atoms with Crippen molar-refractivity contribution in [2.24, 2.45) is 4.99 Å². The topological polar surface area (TPSA) is 48.9 Å². The van der Waals surface area contributed by atoms with Crippen LogP contribution in [0.1, 0.15) is 18.9 Å². The number of aliphatic imine (C=N–C) groups is 1. The molecule has 0 heterocycles. The Morgan fingerprint density at radius 2 is 1.69 bits per heavy atom. The van der Waals surface area contributed by atoms with Gasteiger partial charge < -0.3 is 15.4 Å². The Morgan fingerprint density at radius 1 is 1.03 bits per heavy atom. The third-order valence-corrected chi connectivity index (χ3v) is 3.55. The van der Waals surface area contributed by atoms with Crippen LogP contribution in [0.15, 0.2) is 29.3 Å². The highest BCUT2D eigenvalue weighted by atomic mass is 19.4. The highest BCUT2D eigenvalue weighted by Gasteiger charge is 2.29. The van der Waals surface area contributed by atoms with Crippen molar-refractivity contribution in [2.75, 3.05) is 39.8 Å². The predicted octanol–water partition coefficient (Wildman–Crippen LogP) is 3.57. The van der Waals surface area contributed by atoms with E-state index in [2.05, 4.69) is 20.4 Å². The van der Waals surface area contributed by atoms with Crippen LogP contribution in [0, 0.1) is 0 Å². The Labute approximate surface area is 166 Å². The van der Waals surface area contributed by atoms with Crippen LogP contribution in [0.25, 0.3) is 0 Å². The molecule has 0 fully saturated rings. The van der Waals surface area contributed by atoms with E-state index in [1.165, 1.54) is 24.1 Å². The smallest absolute Gasteiger partial charge is 0.422 e. The number of benzene rings is 1. The van der Waals surface area contributed by atoms with E-state index in [-0.39, 0.29) is 18.8 Å². The summed E-state index contributed by atoms with van der Waals surface area (Å²) in [5.74, 6) is 0.617. The molecule has 0 bridgehead atoms. The quantitative estimate of drug-likeness (QED) is 0.259. The van der Waals surface area contributed by atoms with Gasteiger partial charge in [0.05, 0.1) is 13.1 Å². The van der Waals surface area contributed by atoms with Gasteiger partial charge in [0, 0.05) is 13.1 Å². The summed E-state index contributed by atoms with van der Waals surface area (Å²) in [6, 6.07) is 6.11. The third kappa shape index (κ3) is 12.8. The number of nitrogens with zero attached hydrogens (tertiary/aromatic N) is 2. The maximum Gasteiger partial charge on any atom is 0.422 e. The third-order valence-electron chi connectivity index (χ3n) is 3.55. The lowest BCUT2D eigenvalue weighted by Crippen LogP contribution is -2.39. The number of nitrogens with one attached hydrogen (secondary N) is 2. The van der Waals surface area contributed by atoms with Crippen molar-refractivity contribution in [3.05, 3.63) is 29.8 Å². The van der Waals surface area contributed by atoms with Crippen LogP contribution in [0.3, 0.4) is 0 Å². The van der Waals surface area contributed by atoms with Crippen molar-refractivity contribution in [3.8, 4) is 5.75 Å². The normalized spacial score (nSPS) is 12.9. The molecule has 166 valence electrons. The first-order valence-electron chi connectivity index (χ1n) is 9.04. The monoisotopic (exact) mass is 428 g/mol. The second kappa shape index (κ2) is 11.7. The van der Waals surface area contributed by atoms with Gasteiger partial charge in [0.2, 0.25) is 0 Å². The van der Waals surface area contributed by atoms with Crippen LogP contribution in [0.4, 0.5) is 26.3 Å². The Balaban J connectivity index is 2.45. The van der Waals surface area contributed by atoms with Gasteiger partial charge in [0.25, 0.3) is 0 Å². The molecule has 11 heteroatoms. The molecule has 2 N–H and O–H groups in total. The Morgan fingerprint density at radius 3 is 2.24 bits per heavy atom. The molecule has 0 amide bonds. The predicted molar refractivity (Wildman–Crippen MR) is 99.0 cm³/mol. The van der Waals surface area contributed by atoms with E-state index >= 15 is 0 Å². The summed E-state index contributed by atoms with van der Waals surface area (Å²) in [6.07, 6.45) is -8.11. The lowest BCUT2D eigenvalue weighted by atomic mass is 10.2. The molecule has 0 aliphatic rings. The summed E-state index contributed by atoms with van der Waals surface area (Å²) in [5.41, 5.74) is 0.770. The maximum absolute atomic E-state index is 12.3. The van der Waals surface area contributed by atoms with Gasteiger partial charge in [0.15, 0.2) is 12.6 Å². The molecule has 1 aromatic carbocycles. The summed E-state index contributed by atoms with van der Waals surface area (Å²) in [4.78, 5) is 5.56. The lowest BCUT2D eigenvalue weighted by Gasteiger charge is -2.19. The van der Waals surface area contributed by atoms with Crippen LogP contribution >= 0.6 is 0 Å². The van der Waals surface area contributed by atoms with Gasteiger partial charge in [-0.25, -0.2) is 4.99 Å². The fourth-order valence-electron chi connectivity index (χ4n) is 2.31. The van der Waals surface area contributed by atoms with Gasteiger partial charge in [-0.05, 0) is 44.6 Å². The number of guanidine groups is 1. The molecule has 0 unspecified atom stereocenters. The average molecular weight is 428 g/mol. The zero-order chi connectivity index (χ0) is 21.9. The van der Waals surface area contributed by atoms with E-state index in [1.54, 1.807) is 12.1 Å². The van der Waals surface area contributed by atoms with E-state index < -0.39 is 25.5 Å². The largest absolute Gasteiger partial charge is 0.484 e. The van der Waals surface area contributed by atoms with E-state index in [0.717, 1.165) is 5.56 Å². The minimum atomic E-state index is -4.39. The Hall–Kier alpha value is -2.17. The highest BCUT2D eigenvalue weighted by molar-refractivity contribution is 5.79. The Kier molecular flexibility index (Phi) is 10.1. The van der Waals surface area contributed by atoms with Crippen LogP contribution in [-0.2, 0) is 6.54 Å². The molecular formula is C18H26F6N4O. The average Bonchev–Trinajstić information content (AvgIpc) is 2.60. The number of hydrogen-bond acceptors (Lipinski definition) is 3. The standard InChI is InChI=1S/C18H26F6N4O/c1-3-25-16(26-9-4-10-28(2)12-17(19,20)21)27-11-14-5-7-15(8-6-14)29-13-18(22,23)24/h5-8H,3-4,9-13H2,1-2H3,(H2,25,26,27). The van der Waals surface area contributed by atoms with Gasteiger partial charge in [-0.1, -0.05) is 12.1 Å². The molecule has 0 aliphatic carbocycles. The molecule has 1 rings (SSSR count). The molecule has 0 aromatic heterocycles. The minimum Gasteiger partial charge on any atom is -0.484 e. The van der Waals surface area contributed by atoms with Crippen molar-refractivity contribution < 1.29 is 31.1 Å². The summed E-state index contributed by atoms with van der Waals surface area (Å²) >= 11 is 0. The van der Waals surface area contributed by atoms with Crippen molar-refractivity contribution in [1.82, 2.24) is 15.5 Å². The van der Waals surface area contributed by atoms with Crippen LogP contribution in [0.5, 0.6) is 5.75 Å². The van der Waals surface area contributed by atoms with Crippen molar-refractivity contribution in [1.29, 1.82) is 0 Å². The molecule has 0 saturated heterocycles. The van der Waals surface area contributed by atoms with Crippen molar-refractivity contribution in [2.45, 2.75) is 32.2 Å². The van der Waals surface area contributed by atoms with Gasteiger partial charge in [-0.3, -0.25) is 4.90 Å². The lowest BCUT2D eigenvalue weighted by molar-refractivity contribution is -0.153. The van der Waals surface area contributed by atoms with E-state index in [9.17, 15) is 26.3 Å². The van der Waals surface area contributed by atoms with E-state index in [0.29, 0.717) is 25.5 Å². The summed E-state index contributed by atoms with van der Waals surface area (Å²) in [7, 11) is 1.41. The number of rotatable bonds is 10. The molecule has 1 aromatic rings. The molecule has 29 heavy (non-hydrogen) atoms. The fraction of sp³-hybridized carbons (Fsp3) is 0.611. The summed E-state index contributed by atoms with van der Waals surface area (Å²) < 4.78 is 77.9. The second-order valence-electron chi connectivity index (χ2n) is 6.38. The zero-order valence-electron chi connectivity index (χ0n) is 16.3. The second-order valence-corrected chi connectivity index (χ2v) is 6.38. The van der Waals surface area contributed by atoms with Gasteiger partial charge in [-0.2, -0.15) is 26.3 Å². The highest BCUT2D eigenvalue weighted by Crippen LogP contribution is 2.19. The number of ether oxygens (including phenoxy) is 1. The van der Waals surface area contributed by atoms with Crippen LogP contribution in [-0.4, -0.2) is 63.0 Å². The number of hydrogen-bond donors (Lipinski definition) is 2. The Bertz CT molecular complexity index is 616. The van der Waals surface area contributed by atoms with Crippen LogP contribution < -0.4 is 15.4 Å². The number of alkyl halides is 6. The first kappa shape index (κ1) is 24.9. The molecule has 0 saturated carbocycles. The minimum absolute atomic E-state index is 0.114. The van der Waals surface area contributed by atoms with E-state index in [4.69, 9.17) is 0 Å². The summed E-state index contributed by atoms with van der Waals surface area (Å²) in [5, 5.41) is 6.06. The first-order valence-corrected chi connectivity index (χ1v) is 9.04. The molecule has 0 radical (unpaired) electrons. The number of halogens is 6. The van der Waals surface area contributed by atoms with Gasteiger partial charge >= 0.3 is 12.4 Å². The molecule has 0 aliphatic heterocycles. The molecule has 0 atom stereocenters. The van der Waals surface area contributed by atoms with Crippen molar-refractivity contribution in [3.63, 3.8) is 0 Å². The molecular weight excluding hydrogens is 402 g/mol. The van der Waals surface area contributed by atoms with Crippen molar-refractivity contribution >= 4 is 5.96 Å². The SMILES string of the molecule is CCNC(=NCc1ccc(OCC(F)(F)F)cc1)NCCCN(C)CC(F)(F)F. The summed E-state index contributed by atoms with van der Waals surface area (Å²) in [6.45, 7) is 1.18. The molecule has 0 spiro atoms. The van der Waals surface area contributed by atoms with E-state index in [1.807, 2.05) is 6.92 Å². The zero-order valence-corrected chi connectivity index (χ0v) is 16.3. The van der Waals surface area contributed by atoms with Gasteiger partial charge in [-0.15, -0.1) is 0 Å². The first-order chi connectivity index (χ1) is 13.5. The fourth-order valence-corrected chi connectivity index (χ4v) is 2.31. The molecule has 5 nitrogen and oxygen atoms in total.